The number of benzene rings is 2. The van der Waals surface area contributed by atoms with Gasteiger partial charge in [0.05, 0.1) is 10.9 Å². The largest absolute Gasteiger partial charge is 0.455 e. The second kappa shape index (κ2) is 7.20. The highest BCUT2D eigenvalue weighted by Crippen LogP contribution is 2.35. The van der Waals surface area contributed by atoms with Crippen LogP contribution in [0, 0.1) is 18.3 Å². The van der Waals surface area contributed by atoms with E-state index in [4.69, 9.17) is 8.83 Å². The van der Waals surface area contributed by atoms with E-state index in [1.165, 1.54) is 0 Å². The zero-order chi connectivity index (χ0) is 20.7. The topological polar surface area (TPSA) is 83.3 Å². The van der Waals surface area contributed by atoms with Gasteiger partial charge in [-0.25, -0.2) is 0 Å². The first-order valence-electron chi connectivity index (χ1n) is 9.95. The van der Waals surface area contributed by atoms with Crippen LogP contribution in [0.1, 0.15) is 24.1 Å². The fourth-order valence-corrected chi connectivity index (χ4v) is 3.98. The van der Waals surface area contributed by atoms with Crippen LogP contribution in [-0.2, 0) is 0 Å². The number of anilines is 1. The molecule has 0 aliphatic carbocycles. The van der Waals surface area contributed by atoms with E-state index >= 15 is 0 Å². The summed E-state index contributed by atoms with van der Waals surface area (Å²) in [5.74, 6) is 1.29. The van der Waals surface area contributed by atoms with Crippen LogP contribution in [0.2, 0.25) is 0 Å². The number of fused-ring (bicyclic) bond motifs is 1. The Balaban J connectivity index is 1.74. The molecule has 0 spiro atoms. The van der Waals surface area contributed by atoms with Crippen molar-refractivity contribution < 1.29 is 8.83 Å². The molecule has 2 aromatic carbocycles. The number of rotatable bonds is 3. The molecule has 1 saturated heterocycles. The van der Waals surface area contributed by atoms with E-state index in [2.05, 4.69) is 11.1 Å². The first-order chi connectivity index (χ1) is 14.7. The third-order valence-electron chi connectivity index (χ3n) is 5.52. The number of hydrogen-bond donors (Lipinski definition) is 0. The smallest absolute Gasteiger partial charge is 0.235 e. The lowest BCUT2D eigenvalue weighted by Gasteiger charge is -2.12. The van der Waals surface area contributed by atoms with Crippen molar-refractivity contribution in [2.75, 3.05) is 18.0 Å². The maximum absolute atomic E-state index is 13.1. The minimum atomic E-state index is -0.0937. The molecule has 1 aliphatic rings. The van der Waals surface area contributed by atoms with Gasteiger partial charge in [0.15, 0.2) is 11.0 Å². The average Bonchev–Trinajstić information content (AvgIpc) is 3.46. The summed E-state index contributed by atoms with van der Waals surface area (Å²) in [6.45, 7) is 3.45. The highest BCUT2D eigenvalue weighted by molar-refractivity contribution is 5.91. The van der Waals surface area contributed by atoms with Crippen LogP contribution >= 0.6 is 0 Å². The predicted molar refractivity (Wildman–Crippen MR) is 114 cm³/mol. The minimum absolute atomic E-state index is 0.0937. The zero-order valence-corrected chi connectivity index (χ0v) is 16.5. The maximum atomic E-state index is 13.1. The molecule has 6 nitrogen and oxygen atoms in total. The quantitative estimate of drug-likeness (QED) is 0.489. The van der Waals surface area contributed by atoms with Gasteiger partial charge >= 0.3 is 0 Å². The summed E-state index contributed by atoms with van der Waals surface area (Å²) in [5.41, 5.74) is 2.50. The molecule has 148 valence electrons. The Kier molecular flexibility index (Phi) is 4.36. The molecule has 0 bridgehead atoms. The van der Waals surface area contributed by atoms with Crippen LogP contribution in [0.15, 0.2) is 62.2 Å². The predicted octanol–water partition coefficient (Wildman–Crippen LogP) is 4.90. The lowest BCUT2D eigenvalue weighted by Crippen LogP contribution is -2.17. The first kappa shape index (κ1) is 18.2. The van der Waals surface area contributed by atoms with Crippen LogP contribution in [0.4, 0.5) is 5.88 Å². The molecule has 0 atom stereocenters. The second-order valence-electron chi connectivity index (χ2n) is 7.41. The molecule has 0 unspecified atom stereocenters. The van der Waals surface area contributed by atoms with E-state index in [1.54, 1.807) is 25.1 Å². The summed E-state index contributed by atoms with van der Waals surface area (Å²) in [7, 11) is 0. The Hall–Kier alpha value is -3.85. The van der Waals surface area contributed by atoms with Gasteiger partial charge in [0, 0.05) is 24.2 Å². The lowest BCUT2D eigenvalue weighted by molar-refractivity contribution is 0.560. The monoisotopic (exact) mass is 397 g/mol. The van der Waals surface area contributed by atoms with Crippen molar-refractivity contribution >= 4 is 16.9 Å². The van der Waals surface area contributed by atoms with E-state index in [0.717, 1.165) is 31.5 Å². The number of hydrogen-bond acceptors (Lipinski definition) is 6. The highest BCUT2D eigenvalue weighted by Gasteiger charge is 2.25. The van der Waals surface area contributed by atoms with Crippen LogP contribution in [0.3, 0.4) is 0 Å². The molecule has 1 fully saturated rings. The Bertz CT molecular complexity index is 1340. The molecule has 4 aromatic rings. The number of nitrogens with zero attached hydrogens (tertiary/aromatic N) is 3. The van der Waals surface area contributed by atoms with E-state index in [9.17, 15) is 10.1 Å². The molecule has 6 heteroatoms. The summed E-state index contributed by atoms with van der Waals surface area (Å²) >= 11 is 0. The third kappa shape index (κ3) is 2.87. The molecule has 1 aliphatic heterocycles. The van der Waals surface area contributed by atoms with Crippen LogP contribution in [0.25, 0.3) is 33.7 Å². The van der Waals surface area contributed by atoms with Gasteiger partial charge in [0.2, 0.25) is 17.5 Å². The van der Waals surface area contributed by atoms with Crippen LogP contribution < -0.4 is 10.3 Å². The van der Waals surface area contributed by atoms with E-state index in [0.29, 0.717) is 33.7 Å². The van der Waals surface area contributed by atoms with Crippen molar-refractivity contribution in [2.24, 2.45) is 0 Å². The Morgan fingerprint density at radius 3 is 2.53 bits per heavy atom. The van der Waals surface area contributed by atoms with Gasteiger partial charge in [-0.2, -0.15) is 10.2 Å². The van der Waals surface area contributed by atoms with Crippen molar-refractivity contribution in [1.29, 1.82) is 5.26 Å². The summed E-state index contributed by atoms with van der Waals surface area (Å²) in [6, 6.07) is 17.0. The molecule has 3 heterocycles. The van der Waals surface area contributed by atoms with Gasteiger partial charge in [0.1, 0.15) is 11.8 Å². The highest BCUT2D eigenvalue weighted by atomic mass is 16.4. The van der Waals surface area contributed by atoms with E-state index in [-0.39, 0.29) is 17.0 Å². The molecular formula is C24H19N3O3. The molecule has 0 radical (unpaired) electrons. The summed E-state index contributed by atoms with van der Waals surface area (Å²) in [4.78, 5) is 19.5. The molecule has 0 N–H and O–H groups in total. The van der Waals surface area contributed by atoms with Gasteiger partial charge in [-0.3, -0.25) is 4.79 Å². The number of aromatic nitrogens is 1. The standard InChI is InChI=1S/C24H19N3O3/c1-15-20(28)17-10-7-11-18(22(17)29-21(15)16-8-3-2-4-9-16)23-26-19(14-25)24(30-23)27-12-5-6-13-27/h2-4,7-11H,5-6,12-13H2,1H3. The molecular weight excluding hydrogens is 378 g/mol. The molecule has 30 heavy (non-hydrogen) atoms. The summed E-state index contributed by atoms with van der Waals surface area (Å²) in [5, 5.41) is 10.0. The number of oxazole rings is 1. The van der Waals surface area contributed by atoms with E-state index < -0.39 is 0 Å². The Labute approximate surface area is 173 Å². The van der Waals surface area contributed by atoms with Crippen molar-refractivity contribution in [1.82, 2.24) is 4.98 Å². The molecule has 2 aromatic heterocycles. The van der Waals surface area contributed by atoms with Gasteiger partial charge in [0.25, 0.3) is 0 Å². The molecule has 5 rings (SSSR count). The first-order valence-corrected chi connectivity index (χ1v) is 9.95. The summed E-state index contributed by atoms with van der Waals surface area (Å²) < 4.78 is 12.3. The van der Waals surface area contributed by atoms with E-state index in [1.807, 2.05) is 35.2 Å². The fourth-order valence-electron chi connectivity index (χ4n) is 3.98. The van der Waals surface area contributed by atoms with Crippen molar-refractivity contribution in [3.8, 4) is 28.8 Å². The Morgan fingerprint density at radius 2 is 1.80 bits per heavy atom. The van der Waals surface area contributed by atoms with Crippen LogP contribution in [0.5, 0.6) is 0 Å². The van der Waals surface area contributed by atoms with Gasteiger partial charge in [-0.05, 0) is 31.9 Å². The number of nitriles is 1. The lowest BCUT2D eigenvalue weighted by atomic mass is 10.0. The SMILES string of the molecule is Cc1c(-c2ccccc2)oc2c(-c3nc(C#N)c(N4CCCC4)o3)cccc2c1=O. The fraction of sp³-hybridized carbons (Fsp3) is 0.208. The molecule has 0 saturated carbocycles. The zero-order valence-electron chi connectivity index (χ0n) is 16.5. The Morgan fingerprint density at radius 1 is 1.03 bits per heavy atom. The van der Waals surface area contributed by atoms with Crippen molar-refractivity contribution in [2.45, 2.75) is 19.8 Å². The average molecular weight is 397 g/mol. The number of para-hydroxylation sites is 1. The minimum Gasteiger partial charge on any atom is -0.455 e. The van der Waals surface area contributed by atoms with Gasteiger partial charge in [-0.15, -0.1) is 0 Å². The summed E-state index contributed by atoms with van der Waals surface area (Å²) in [6.07, 6.45) is 2.12. The normalized spacial score (nSPS) is 13.7. The third-order valence-corrected chi connectivity index (χ3v) is 5.52. The van der Waals surface area contributed by atoms with Gasteiger partial charge in [-0.1, -0.05) is 36.4 Å². The second-order valence-corrected chi connectivity index (χ2v) is 7.41. The molecule has 0 amide bonds. The maximum Gasteiger partial charge on any atom is 0.235 e. The van der Waals surface area contributed by atoms with Gasteiger partial charge < -0.3 is 13.7 Å². The van der Waals surface area contributed by atoms with Crippen LogP contribution in [-0.4, -0.2) is 18.1 Å². The van der Waals surface area contributed by atoms with Crippen molar-refractivity contribution in [3.63, 3.8) is 0 Å². The van der Waals surface area contributed by atoms with Crippen molar-refractivity contribution in [3.05, 3.63) is 70.0 Å².